The van der Waals surface area contributed by atoms with Gasteiger partial charge in [-0.2, -0.15) is 0 Å². The minimum absolute atomic E-state index is 0.0231. The highest BCUT2D eigenvalue weighted by atomic mass is 16.1. The van der Waals surface area contributed by atoms with Gasteiger partial charge in [0.2, 0.25) is 0 Å². The summed E-state index contributed by atoms with van der Waals surface area (Å²) < 4.78 is 0. The molecular weight excluding hydrogens is 212 g/mol. The van der Waals surface area contributed by atoms with E-state index in [2.05, 4.69) is 10.6 Å². The lowest BCUT2D eigenvalue weighted by Gasteiger charge is -2.10. The first-order chi connectivity index (χ1) is 8.20. The van der Waals surface area contributed by atoms with Crippen molar-refractivity contribution in [3.63, 3.8) is 0 Å². The third-order valence-electron chi connectivity index (χ3n) is 3.22. The molecule has 1 amide bonds. The van der Waals surface area contributed by atoms with Gasteiger partial charge in [-0.05, 0) is 37.0 Å². The topological polar surface area (TPSA) is 41.1 Å². The second kappa shape index (κ2) is 5.21. The average Bonchev–Trinajstić information content (AvgIpc) is 3.12. The third-order valence-corrected chi connectivity index (χ3v) is 3.22. The van der Waals surface area contributed by atoms with Crippen LogP contribution in [0.4, 0.5) is 5.69 Å². The maximum atomic E-state index is 12.0. The maximum absolute atomic E-state index is 12.0. The molecule has 0 heterocycles. The van der Waals surface area contributed by atoms with Gasteiger partial charge in [0.05, 0.1) is 5.56 Å². The van der Waals surface area contributed by atoms with Crippen molar-refractivity contribution in [2.75, 3.05) is 18.9 Å². The minimum atomic E-state index is 0.0231. The van der Waals surface area contributed by atoms with Gasteiger partial charge in [-0.25, -0.2) is 0 Å². The number of rotatable bonds is 5. The van der Waals surface area contributed by atoms with Crippen molar-refractivity contribution in [1.29, 1.82) is 0 Å². The third kappa shape index (κ3) is 3.22. The molecule has 1 fully saturated rings. The number of nitrogens with one attached hydrogen (secondary N) is 2. The van der Waals surface area contributed by atoms with Crippen LogP contribution in [0.1, 0.15) is 35.2 Å². The summed E-state index contributed by atoms with van der Waals surface area (Å²) in [5.41, 5.74) is 2.78. The van der Waals surface area contributed by atoms with Crippen LogP contribution in [0, 0.1) is 12.8 Å². The van der Waals surface area contributed by atoms with E-state index in [9.17, 15) is 4.79 Å². The average molecular weight is 232 g/mol. The number of carbonyl (C=O) groups is 1. The van der Waals surface area contributed by atoms with Crippen LogP contribution in [-0.4, -0.2) is 19.5 Å². The van der Waals surface area contributed by atoms with E-state index in [1.807, 2.05) is 32.2 Å². The van der Waals surface area contributed by atoms with E-state index >= 15 is 0 Å². The summed E-state index contributed by atoms with van der Waals surface area (Å²) in [6, 6.07) is 5.85. The van der Waals surface area contributed by atoms with Gasteiger partial charge in [-0.15, -0.1) is 0 Å². The number of hydrogen-bond acceptors (Lipinski definition) is 2. The van der Waals surface area contributed by atoms with E-state index in [0.29, 0.717) is 0 Å². The van der Waals surface area contributed by atoms with E-state index < -0.39 is 0 Å². The monoisotopic (exact) mass is 232 g/mol. The van der Waals surface area contributed by atoms with Crippen molar-refractivity contribution in [2.24, 2.45) is 5.92 Å². The van der Waals surface area contributed by atoms with Gasteiger partial charge in [0, 0.05) is 19.3 Å². The van der Waals surface area contributed by atoms with E-state index in [1.54, 1.807) is 0 Å². The molecule has 2 rings (SSSR count). The van der Waals surface area contributed by atoms with Crippen LogP contribution in [0.25, 0.3) is 0 Å². The second-order valence-electron chi connectivity index (χ2n) is 4.79. The van der Waals surface area contributed by atoms with Crippen LogP contribution in [-0.2, 0) is 0 Å². The molecular formula is C14H20N2O. The molecule has 92 valence electrons. The first-order valence-corrected chi connectivity index (χ1v) is 6.27. The van der Waals surface area contributed by atoms with Gasteiger partial charge in [0.1, 0.15) is 0 Å². The smallest absolute Gasteiger partial charge is 0.253 e. The summed E-state index contributed by atoms with van der Waals surface area (Å²) in [5, 5.41) is 6.05. The zero-order chi connectivity index (χ0) is 12.3. The molecule has 0 unspecified atom stereocenters. The Morgan fingerprint density at radius 1 is 1.41 bits per heavy atom. The van der Waals surface area contributed by atoms with Crippen molar-refractivity contribution in [1.82, 2.24) is 5.32 Å². The molecule has 0 bridgehead atoms. The largest absolute Gasteiger partial charge is 0.387 e. The molecule has 1 aliphatic rings. The molecule has 0 radical (unpaired) electrons. The number of amides is 1. The molecule has 1 saturated carbocycles. The Hall–Kier alpha value is -1.51. The van der Waals surface area contributed by atoms with Crippen LogP contribution in [0.15, 0.2) is 18.2 Å². The summed E-state index contributed by atoms with van der Waals surface area (Å²) >= 11 is 0. The molecule has 0 atom stereocenters. The number of benzene rings is 1. The molecule has 2 N–H and O–H groups in total. The maximum Gasteiger partial charge on any atom is 0.253 e. The van der Waals surface area contributed by atoms with Crippen molar-refractivity contribution >= 4 is 11.6 Å². The highest BCUT2D eigenvalue weighted by Crippen LogP contribution is 2.31. The van der Waals surface area contributed by atoms with Gasteiger partial charge in [-0.1, -0.05) is 18.9 Å². The lowest BCUT2D eigenvalue weighted by molar-refractivity contribution is 0.0953. The van der Waals surface area contributed by atoms with Crippen LogP contribution in [0.5, 0.6) is 0 Å². The van der Waals surface area contributed by atoms with E-state index in [0.717, 1.165) is 35.7 Å². The van der Waals surface area contributed by atoms with Crippen LogP contribution < -0.4 is 10.6 Å². The normalized spacial score (nSPS) is 14.5. The fraction of sp³-hybridized carbons (Fsp3) is 0.500. The molecule has 1 aromatic carbocycles. The first kappa shape index (κ1) is 12.0. The van der Waals surface area contributed by atoms with Crippen LogP contribution in [0.2, 0.25) is 0 Å². The lowest BCUT2D eigenvalue weighted by atomic mass is 10.1. The Balaban J connectivity index is 1.96. The summed E-state index contributed by atoms with van der Waals surface area (Å²) in [6.07, 6.45) is 3.79. The molecule has 3 heteroatoms. The molecule has 17 heavy (non-hydrogen) atoms. The van der Waals surface area contributed by atoms with Gasteiger partial charge in [0.15, 0.2) is 0 Å². The van der Waals surface area contributed by atoms with Crippen molar-refractivity contribution in [3.05, 3.63) is 29.3 Å². The Labute approximate surface area is 103 Å². The van der Waals surface area contributed by atoms with Crippen molar-refractivity contribution in [2.45, 2.75) is 26.2 Å². The number of carbonyl (C=O) groups excluding carboxylic acids is 1. The number of hydrogen-bond donors (Lipinski definition) is 2. The van der Waals surface area contributed by atoms with Crippen molar-refractivity contribution in [3.8, 4) is 0 Å². The molecule has 1 aromatic rings. The molecule has 3 nitrogen and oxygen atoms in total. The number of anilines is 1. The van der Waals surface area contributed by atoms with E-state index in [4.69, 9.17) is 0 Å². The Kier molecular flexibility index (Phi) is 3.67. The predicted molar refractivity (Wildman–Crippen MR) is 70.4 cm³/mol. The summed E-state index contributed by atoms with van der Waals surface area (Å²) in [6.45, 7) is 2.82. The highest BCUT2D eigenvalue weighted by Gasteiger charge is 2.20. The van der Waals surface area contributed by atoms with Gasteiger partial charge >= 0.3 is 0 Å². The molecule has 0 saturated heterocycles. The molecule has 0 spiro atoms. The van der Waals surface area contributed by atoms with E-state index in [1.165, 1.54) is 12.8 Å². The second-order valence-corrected chi connectivity index (χ2v) is 4.79. The lowest BCUT2D eigenvalue weighted by Crippen LogP contribution is -2.25. The van der Waals surface area contributed by atoms with Crippen molar-refractivity contribution < 1.29 is 4.79 Å². The predicted octanol–water partition coefficient (Wildman–Crippen LogP) is 2.57. The summed E-state index contributed by atoms with van der Waals surface area (Å²) in [4.78, 5) is 12.0. The summed E-state index contributed by atoms with van der Waals surface area (Å²) in [5.74, 6) is 0.882. The van der Waals surface area contributed by atoms with Gasteiger partial charge < -0.3 is 10.6 Å². The summed E-state index contributed by atoms with van der Waals surface area (Å²) in [7, 11) is 1.84. The Morgan fingerprint density at radius 3 is 2.82 bits per heavy atom. The van der Waals surface area contributed by atoms with E-state index in [-0.39, 0.29) is 5.91 Å². The minimum Gasteiger partial charge on any atom is -0.387 e. The SMILES string of the molecule is CNc1cc(C)ccc1C(=O)NCCC1CC1. The van der Waals surface area contributed by atoms with Gasteiger partial charge in [0.25, 0.3) is 5.91 Å². The van der Waals surface area contributed by atoms with Crippen LogP contribution in [0.3, 0.4) is 0 Å². The first-order valence-electron chi connectivity index (χ1n) is 6.27. The molecule has 0 aromatic heterocycles. The standard InChI is InChI=1S/C14H20N2O/c1-10-3-6-12(13(9-10)15-2)14(17)16-8-7-11-4-5-11/h3,6,9,11,15H,4-5,7-8H2,1-2H3,(H,16,17). The number of aryl methyl sites for hydroxylation is 1. The van der Waals surface area contributed by atoms with Gasteiger partial charge in [-0.3, -0.25) is 4.79 Å². The molecule has 0 aliphatic heterocycles. The zero-order valence-electron chi connectivity index (χ0n) is 10.5. The Bertz CT molecular complexity index is 411. The highest BCUT2D eigenvalue weighted by molar-refractivity contribution is 5.99. The molecule has 1 aliphatic carbocycles. The zero-order valence-corrected chi connectivity index (χ0v) is 10.5. The fourth-order valence-electron chi connectivity index (χ4n) is 1.95. The quantitative estimate of drug-likeness (QED) is 0.819. The Morgan fingerprint density at radius 2 is 2.18 bits per heavy atom. The van der Waals surface area contributed by atoms with Crippen LogP contribution >= 0.6 is 0 Å². The fourth-order valence-corrected chi connectivity index (χ4v) is 1.95.